The van der Waals surface area contributed by atoms with Crippen LogP contribution in [0.4, 0.5) is 0 Å². The van der Waals surface area contributed by atoms with Crippen LogP contribution in [0.3, 0.4) is 0 Å². The Kier molecular flexibility index (Phi) is 5.24. The van der Waals surface area contributed by atoms with E-state index in [-0.39, 0.29) is 0 Å². The first-order valence-electron chi connectivity index (χ1n) is 7.35. The van der Waals surface area contributed by atoms with Gasteiger partial charge in [-0.05, 0) is 55.5 Å². The molecule has 1 aromatic carbocycles. The Bertz CT molecular complexity index is 637. The molecule has 1 heterocycles. The number of aromatic nitrogens is 1. The highest BCUT2D eigenvalue weighted by Gasteiger charge is 2.10. The molecule has 112 valence electrons. The second-order valence-electron chi connectivity index (χ2n) is 5.44. The average molecular weight is 304 g/mol. The molecule has 0 radical (unpaired) electrons. The molecule has 0 saturated heterocycles. The van der Waals surface area contributed by atoms with Crippen LogP contribution in [0.1, 0.15) is 41.3 Å². The van der Waals surface area contributed by atoms with E-state index in [4.69, 9.17) is 16.3 Å². The van der Waals surface area contributed by atoms with Gasteiger partial charge in [0.1, 0.15) is 5.75 Å². The zero-order valence-electron chi connectivity index (χ0n) is 13.2. The number of ether oxygens (including phenoxy) is 1. The maximum atomic E-state index is 6.08. The summed E-state index contributed by atoms with van der Waals surface area (Å²) in [5.41, 5.74) is 5.58. The standard InChI is InChI=1S/C18H22ClNO/c1-5-6-16-9-15(11-19)10-17(20-16)21-18-13(3)8-7-12(2)14(18)4/h7-10H,5-6,11H2,1-4H3. The first-order valence-corrected chi connectivity index (χ1v) is 7.89. The van der Waals surface area contributed by atoms with Crippen molar-refractivity contribution in [1.82, 2.24) is 4.98 Å². The van der Waals surface area contributed by atoms with E-state index in [0.717, 1.165) is 41.0 Å². The normalized spacial score (nSPS) is 10.7. The molecule has 0 amide bonds. The number of rotatable bonds is 5. The minimum atomic E-state index is 0.474. The van der Waals surface area contributed by atoms with Crippen molar-refractivity contribution >= 4 is 11.6 Å². The molecule has 2 rings (SSSR count). The van der Waals surface area contributed by atoms with Gasteiger partial charge >= 0.3 is 0 Å². The van der Waals surface area contributed by atoms with Crippen LogP contribution in [-0.4, -0.2) is 4.98 Å². The van der Waals surface area contributed by atoms with Crippen molar-refractivity contribution in [2.45, 2.75) is 46.4 Å². The fraction of sp³-hybridized carbons (Fsp3) is 0.389. The summed E-state index contributed by atoms with van der Waals surface area (Å²) in [7, 11) is 0. The zero-order valence-corrected chi connectivity index (χ0v) is 13.9. The van der Waals surface area contributed by atoms with Crippen molar-refractivity contribution < 1.29 is 4.74 Å². The topological polar surface area (TPSA) is 22.1 Å². The van der Waals surface area contributed by atoms with Crippen LogP contribution in [0.25, 0.3) is 0 Å². The third kappa shape index (κ3) is 3.76. The summed E-state index contributed by atoms with van der Waals surface area (Å²) in [5, 5.41) is 0. The van der Waals surface area contributed by atoms with E-state index in [9.17, 15) is 0 Å². The van der Waals surface area contributed by atoms with Crippen LogP contribution in [0.2, 0.25) is 0 Å². The number of aryl methyl sites for hydroxylation is 3. The number of nitrogens with zero attached hydrogens (tertiary/aromatic N) is 1. The molecule has 0 spiro atoms. The van der Waals surface area contributed by atoms with Crippen LogP contribution in [0, 0.1) is 20.8 Å². The molecule has 0 N–H and O–H groups in total. The van der Waals surface area contributed by atoms with Crippen LogP contribution in [0.5, 0.6) is 11.6 Å². The first-order chi connectivity index (χ1) is 10.0. The molecule has 0 bridgehead atoms. The second kappa shape index (κ2) is 6.95. The first kappa shape index (κ1) is 15.8. The fourth-order valence-corrected chi connectivity index (χ4v) is 2.48. The Labute approximate surface area is 132 Å². The molecule has 0 saturated carbocycles. The van der Waals surface area contributed by atoms with Gasteiger partial charge in [-0.25, -0.2) is 4.98 Å². The SMILES string of the molecule is CCCc1cc(CCl)cc(Oc2c(C)ccc(C)c2C)n1. The van der Waals surface area contributed by atoms with Crippen LogP contribution in [-0.2, 0) is 12.3 Å². The highest BCUT2D eigenvalue weighted by Crippen LogP contribution is 2.30. The van der Waals surface area contributed by atoms with Crippen molar-refractivity contribution in [3.63, 3.8) is 0 Å². The Balaban J connectivity index is 2.39. The highest BCUT2D eigenvalue weighted by atomic mass is 35.5. The Morgan fingerprint density at radius 1 is 1.10 bits per heavy atom. The largest absolute Gasteiger partial charge is 0.438 e. The lowest BCUT2D eigenvalue weighted by atomic mass is 10.1. The molecular weight excluding hydrogens is 282 g/mol. The second-order valence-corrected chi connectivity index (χ2v) is 5.71. The lowest BCUT2D eigenvalue weighted by molar-refractivity contribution is 0.452. The van der Waals surface area contributed by atoms with Crippen LogP contribution in [0.15, 0.2) is 24.3 Å². The molecule has 2 nitrogen and oxygen atoms in total. The van der Waals surface area contributed by atoms with Crippen molar-refractivity contribution in [3.05, 3.63) is 52.2 Å². The molecule has 0 aliphatic carbocycles. The lowest BCUT2D eigenvalue weighted by Gasteiger charge is -2.14. The van der Waals surface area contributed by atoms with E-state index in [1.165, 1.54) is 5.56 Å². The van der Waals surface area contributed by atoms with E-state index < -0.39 is 0 Å². The molecule has 0 fully saturated rings. The summed E-state index contributed by atoms with van der Waals surface area (Å²) < 4.78 is 6.08. The molecule has 0 atom stereocenters. The van der Waals surface area contributed by atoms with Gasteiger partial charge in [-0.2, -0.15) is 0 Å². The zero-order chi connectivity index (χ0) is 15.4. The van der Waals surface area contributed by atoms with E-state index >= 15 is 0 Å². The molecule has 2 aromatic rings. The van der Waals surface area contributed by atoms with Crippen molar-refractivity contribution in [3.8, 4) is 11.6 Å². The Morgan fingerprint density at radius 3 is 2.48 bits per heavy atom. The summed E-state index contributed by atoms with van der Waals surface area (Å²) in [6.45, 7) is 8.37. The summed E-state index contributed by atoms with van der Waals surface area (Å²) in [6.07, 6.45) is 1.99. The third-order valence-corrected chi connectivity index (χ3v) is 3.96. The molecule has 0 aliphatic heterocycles. The van der Waals surface area contributed by atoms with Gasteiger partial charge in [0.15, 0.2) is 0 Å². The summed E-state index contributed by atoms with van der Waals surface area (Å²) in [5.74, 6) is 2.01. The molecule has 0 unspecified atom stereocenters. The van der Waals surface area contributed by atoms with Gasteiger partial charge in [0.05, 0.1) is 0 Å². The summed E-state index contributed by atoms with van der Waals surface area (Å²) in [4.78, 5) is 4.60. The van der Waals surface area contributed by atoms with E-state index in [1.807, 2.05) is 6.07 Å². The van der Waals surface area contributed by atoms with Gasteiger partial charge in [-0.3, -0.25) is 0 Å². The van der Waals surface area contributed by atoms with Gasteiger partial charge in [0, 0.05) is 17.6 Å². The Hall–Kier alpha value is -1.54. The predicted octanol–water partition coefficient (Wildman–Crippen LogP) is 5.49. The van der Waals surface area contributed by atoms with E-state index in [2.05, 4.69) is 50.9 Å². The number of alkyl halides is 1. The monoisotopic (exact) mass is 303 g/mol. The van der Waals surface area contributed by atoms with Gasteiger partial charge in [0.25, 0.3) is 0 Å². The number of halogens is 1. The Morgan fingerprint density at radius 2 is 1.81 bits per heavy atom. The number of hydrogen-bond acceptors (Lipinski definition) is 2. The van der Waals surface area contributed by atoms with Crippen LogP contribution >= 0.6 is 11.6 Å². The molecule has 3 heteroatoms. The van der Waals surface area contributed by atoms with Crippen molar-refractivity contribution in [2.75, 3.05) is 0 Å². The molecule has 21 heavy (non-hydrogen) atoms. The number of benzene rings is 1. The molecular formula is C18H22ClNO. The lowest BCUT2D eigenvalue weighted by Crippen LogP contribution is -1.99. The molecule has 0 aliphatic rings. The average Bonchev–Trinajstić information content (AvgIpc) is 2.48. The quantitative estimate of drug-likeness (QED) is 0.681. The van der Waals surface area contributed by atoms with Crippen molar-refractivity contribution in [2.24, 2.45) is 0 Å². The minimum Gasteiger partial charge on any atom is -0.438 e. The number of pyridine rings is 1. The smallest absolute Gasteiger partial charge is 0.219 e. The van der Waals surface area contributed by atoms with Gasteiger partial charge in [-0.1, -0.05) is 25.5 Å². The predicted molar refractivity (Wildman–Crippen MR) is 88.5 cm³/mol. The van der Waals surface area contributed by atoms with Crippen molar-refractivity contribution in [1.29, 1.82) is 0 Å². The third-order valence-electron chi connectivity index (χ3n) is 3.66. The molecule has 1 aromatic heterocycles. The maximum Gasteiger partial charge on any atom is 0.219 e. The van der Waals surface area contributed by atoms with Gasteiger partial charge in [0.2, 0.25) is 5.88 Å². The summed E-state index contributed by atoms with van der Waals surface area (Å²) >= 11 is 5.98. The van der Waals surface area contributed by atoms with Gasteiger partial charge in [-0.15, -0.1) is 11.6 Å². The van der Waals surface area contributed by atoms with Gasteiger partial charge < -0.3 is 4.74 Å². The van der Waals surface area contributed by atoms with E-state index in [1.54, 1.807) is 0 Å². The van der Waals surface area contributed by atoms with E-state index in [0.29, 0.717) is 11.8 Å². The van der Waals surface area contributed by atoms with Crippen LogP contribution < -0.4 is 4.74 Å². The fourth-order valence-electron chi connectivity index (χ4n) is 2.32. The summed E-state index contributed by atoms with van der Waals surface area (Å²) in [6, 6.07) is 8.17. The highest BCUT2D eigenvalue weighted by molar-refractivity contribution is 6.17. The minimum absolute atomic E-state index is 0.474. The number of hydrogen-bond donors (Lipinski definition) is 0. The maximum absolute atomic E-state index is 6.08.